The van der Waals surface area contributed by atoms with Crippen LogP contribution in [0.5, 0.6) is 0 Å². The molecule has 1 aromatic rings. The summed E-state index contributed by atoms with van der Waals surface area (Å²) in [5.41, 5.74) is 0.421. The van der Waals surface area contributed by atoms with Gasteiger partial charge in [0, 0.05) is 32.2 Å². The summed E-state index contributed by atoms with van der Waals surface area (Å²) in [6, 6.07) is 9.67. The molecule has 2 heterocycles. The van der Waals surface area contributed by atoms with Crippen LogP contribution in [0.4, 0.5) is 9.59 Å². The Morgan fingerprint density at radius 2 is 1.69 bits per heavy atom. The van der Waals surface area contributed by atoms with E-state index in [1.807, 2.05) is 56.0 Å². The second-order valence-corrected chi connectivity index (χ2v) is 9.14. The maximum atomic E-state index is 12.7. The second-order valence-electron chi connectivity index (χ2n) is 9.14. The van der Waals surface area contributed by atoms with Gasteiger partial charge in [-0.25, -0.2) is 9.59 Å². The van der Waals surface area contributed by atoms with E-state index >= 15 is 0 Å². The highest BCUT2D eigenvalue weighted by Gasteiger charge is 2.36. The summed E-state index contributed by atoms with van der Waals surface area (Å²) in [5.74, 6) is -0.0633. The van der Waals surface area contributed by atoms with Gasteiger partial charge < -0.3 is 19.3 Å². The Hall–Kier alpha value is -2.77. The van der Waals surface area contributed by atoms with Gasteiger partial charge in [-0.3, -0.25) is 9.69 Å². The predicted octanol–water partition coefficient (Wildman–Crippen LogP) is 3.65. The molecule has 176 valence electrons. The molecule has 3 rings (SSSR count). The maximum Gasteiger partial charge on any atom is 0.410 e. The number of nitrogens with zero attached hydrogens (tertiary/aromatic N) is 3. The Bertz CT molecular complexity index is 790. The van der Waals surface area contributed by atoms with Crippen molar-refractivity contribution in [1.29, 1.82) is 0 Å². The number of likely N-dealkylation sites (tertiary alicyclic amines) is 1. The topological polar surface area (TPSA) is 79.4 Å². The fourth-order valence-electron chi connectivity index (χ4n) is 4.35. The zero-order valence-electron chi connectivity index (χ0n) is 19.4. The van der Waals surface area contributed by atoms with Gasteiger partial charge in [0.1, 0.15) is 18.8 Å². The van der Waals surface area contributed by atoms with Crippen LogP contribution in [-0.4, -0.2) is 77.2 Å². The number of hydrogen-bond donors (Lipinski definition) is 0. The van der Waals surface area contributed by atoms with E-state index in [-0.39, 0.29) is 31.2 Å². The second kappa shape index (κ2) is 10.7. The molecule has 2 aliphatic rings. The van der Waals surface area contributed by atoms with Crippen LogP contribution in [0.15, 0.2) is 30.3 Å². The molecule has 2 fully saturated rings. The van der Waals surface area contributed by atoms with E-state index in [9.17, 15) is 14.4 Å². The maximum absolute atomic E-state index is 12.7. The average molecular weight is 446 g/mol. The van der Waals surface area contributed by atoms with Crippen LogP contribution in [0.25, 0.3) is 0 Å². The number of rotatable bonds is 6. The highest BCUT2D eigenvalue weighted by Crippen LogP contribution is 2.22. The minimum atomic E-state index is -0.534. The van der Waals surface area contributed by atoms with Gasteiger partial charge >= 0.3 is 12.2 Å². The van der Waals surface area contributed by atoms with Gasteiger partial charge in [0.15, 0.2) is 0 Å². The van der Waals surface area contributed by atoms with Crippen LogP contribution in [0.2, 0.25) is 0 Å². The molecule has 3 amide bonds. The minimum Gasteiger partial charge on any atom is -0.445 e. The first kappa shape index (κ1) is 23.9. The van der Waals surface area contributed by atoms with Gasteiger partial charge in [-0.15, -0.1) is 0 Å². The van der Waals surface area contributed by atoms with E-state index in [1.54, 1.807) is 4.90 Å². The monoisotopic (exact) mass is 445 g/mol. The fourth-order valence-corrected chi connectivity index (χ4v) is 4.35. The third kappa shape index (κ3) is 6.37. The van der Waals surface area contributed by atoms with E-state index in [1.165, 1.54) is 4.90 Å². The zero-order valence-corrected chi connectivity index (χ0v) is 19.4. The van der Waals surface area contributed by atoms with Gasteiger partial charge in [-0.05, 0) is 38.7 Å². The lowest BCUT2D eigenvalue weighted by Gasteiger charge is -2.42. The predicted molar refractivity (Wildman–Crippen MR) is 120 cm³/mol. The molecule has 2 saturated heterocycles. The lowest BCUT2D eigenvalue weighted by atomic mass is 10.0. The fraction of sp³-hybridized carbons (Fsp3) is 0.625. The van der Waals surface area contributed by atoms with Crippen LogP contribution >= 0.6 is 0 Å². The SMILES string of the molecule is CCCC(C)(C)OC(=O)N1CCN(C2CCN(C(=O)OCc3ccccc3)CC2)C(=O)C1. The van der Waals surface area contributed by atoms with Crippen molar-refractivity contribution in [2.75, 3.05) is 32.7 Å². The Kier molecular flexibility index (Phi) is 7.99. The average Bonchev–Trinajstić information content (AvgIpc) is 2.78. The molecule has 32 heavy (non-hydrogen) atoms. The molecule has 0 unspecified atom stereocenters. The van der Waals surface area contributed by atoms with Crippen molar-refractivity contribution >= 4 is 18.1 Å². The molecular formula is C24H35N3O5. The third-order valence-corrected chi connectivity index (χ3v) is 6.10. The Morgan fingerprint density at radius 3 is 2.31 bits per heavy atom. The summed E-state index contributed by atoms with van der Waals surface area (Å²) in [7, 11) is 0. The highest BCUT2D eigenvalue weighted by atomic mass is 16.6. The number of carbonyl (C=O) groups is 3. The molecule has 0 N–H and O–H groups in total. The van der Waals surface area contributed by atoms with Crippen LogP contribution in [0.3, 0.4) is 0 Å². The standard InChI is InChI=1S/C24H35N3O5/c1-4-12-24(2,3)32-23(30)26-15-16-27(21(28)17-26)20-10-13-25(14-11-20)22(29)31-18-19-8-6-5-7-9-19/h5-9,20H,4,10-18H2,1-3H3. The first-order valence-electron chi connectivity index (χ1n) is 11.5. The summed E-state index contributed by atoms with van der Waals surface area (Å²) in [6.45, 7) is 8.20. The molecule has 8 nitrogen and oxygen atoms in total. The number of hydrogen-bond acceptors (Lipinski definition) is 5. The smallest absolute Gasteiger partial charge is 0.410 e. The quantitative estimate of drug-likeness (QED) is 0.668. The molecule has 0 aromatic heterocycles. The molecule has 8 heteroatoms. The molecule has 0 aliphatic carbocycles. The van der Waals surface area contributed by atoms with Crippen molar-refractivity contribution in [3.8, 4) is 0 Å². The highest BCUT2D eigenvalue weighted by molar-refractivity contribution is 5.84. The molecule has 0 bridgehead atoms. The Morgan fingerprint density at radius 1 is 1.00 bits per heavy atom. The number of carbonyl (C=O) groups excluding carboxylic acids is 3. The molecule has 0 saturated carbocycles. The van der Waals surface area contributed by atoms with Crippen molar-refractivity contribution in [1.82, 2.24) is 14.7 Å². The van der Waals surface area contributed by atoms with Crippen LogP contribution < -0.4 is 0 Å². The van der Waals surface area contributed by atoms with E-state index < -0.39 is 11.7 Å². The molecule has 0 radical (unpaired) electrons. The molecule has 0 spiro atoms. The van der Waals surface area contributed by atoms with Crippen molar-refractivity contribution in [3.63, 3.8) is 0 Å². The number of piperazine rings is 1. The van der Waals surface area contributed by atoms with Gasteiger partial charge in [0.05, 0.1) is 0 Å². The van der Waals surface area contributed by atoms with E-state index in [0.717, 1.165) is 18.4 Å². The van der Waals surface area contributed by atoms with Gasteiger partial charge in [0.2, 0.25) is 5.91 Å². The lowest BCUT2D eigenvalue weighted by Crippen LogP contribution is -2.58. The van der Waals surface area contributed by atoms with Crippen molar-refractivity contribution in [3.05, 3.63) is 35.9 Å². The van der Waals surface area contributed by atoms with Crippen molar-refractivity contribution in [2.24, 2.45) is 0 Å². The van der Waals surface area contributed by atoms with Crippen molar-refractivity contribution < 1.29 is 23.9 Å². The summed E-state index contributed by atoms with van der Waals surface area (Å²) in [4.78, 5) is 42.6. The van der Waals surface area contributed by atoms with Crippen LogP contribution in [-0.2, 0) is 20.9 Å². The van der Waals surface area contributed by atoms with Gasteiger partial charge in [-0.2, -0.15) is 0 Å². The van der Waals surface area contributed by atoms with Gasteiger partial charge in [0.25, 0.3) is 0 Å². The number of piperidine rings is 1. The summed E-state index contributed by atoms with van der Waals surface area (Å²) < 4.78 is 11.0. The first-order valence-corrected chi connectivity index (χ1v) is 11.5. The van der Waals surface area contributed by atoms with E-state index in [0.29, 0.717) is 39.0 Å². The molecule has 0 atom stereocenters. The van der Waals surface area contributed by atoms with Crippen molar-refractivity contribution in [2.45, 2.75) is 64.7 Å². The summed E-state index contributed by atoms with van der Waals surface area (Å²) in [5, 5.41) is 0. The third-order valence-electron chi connectivity index (χ3n) is 6.10. The Labute approximate surface area is 190 Å². The Balaban J connectivity index is 1.43. The van der Waals surface area contributed by atoms with E-state index in [2.05, 4.69) is 0 Å². The first-order chi connectivity index (χ1) is 15.3. The van der Waals surface area contributed by atoms with Crippen LogP contribution in [0, 0.1) is 0 Å². The minimum absolute atomic E-state index is 0.0420. The summed E-state index contributed by atoms with van der Waals surface area (Å²) in [6.07, 6.45) is 2.37. The normalized spacial score (nSPS) is 18.0. The number of amides is 3. The van der Waals surface area contributed by atoms with Gasteiger partial charge in [-0.1, -0.05) is 43.7 Å². The van der Waals surface area contributed by atoms with Crippen LogP contribution in [0.1, 0.15) is 52.0 Å². The molecular weight excluding hydrogens is 410 g/mol. The molecule has 2 aliphatic heterocycles. The number of benzene rings is 1. The lowest BCUT2D eigenvalue weighted by molar-refractivity contribution is -0.139. The van der Waals surface area contributed by atoms with E-state index in [4.69, 9.17) is 9.47 Å². The molecule has 1 aromatic carbocycles. The zero-order chi connectivity index (χ0) is 23.1. The summed E-state index contributed by atoms with van der Waals surface area (Å²) >= 11 is 0. The number of ether oxygens (including phenoxy) is 2. The largest absolute Gasteiger partial charge is 0.445 e.